The highest BCUT2D eigenvalue weighted by Crippen LogP contribution is 2.22. The number of hydrogen-bond donors (Lipinski definition) is 2. The highest BCUT2D eigenvalue weighted by Gasteiger charge is 2.21. The van der Waals surface area contributed by atoms with Gasteiger partial charge in [0.15, 0.2) is 0 Å². The third-order valence-electron chi connectivity index (χ3n) is 1.91. The molecule has 1 aromatic carbocycles. The van der Waals surface area contributed by atoms with E-state index in [4.69, 9.17) is 5.26 Å². The van der Waals surface area contributed by atoms with E-state index >= 15 is 0 Å². The SMILES string of the molecule is CC(C)(C#N)NC(=O)c1ccc(Br)cc1O. The molecule has 16 heavy (non-hydrogen) atoms. The van der Waals surface area contributed by atoms with Crippen LogP contribution in [-0.4, -0.2) is 16.6 Å². The fourth-order valence-corrected chi connectivity index (χ4v) is 1.42. The fourth-order valence-electron chi connectivity index (χ4n) is 1.08. The monoisotopic (exact) mass is 282 g/mol. The van der Waals surface area contributed by atoms with Gasteiger partial charge in [-0.1, -0.05) is 15.9 Å². The number of nitrogens with one attached hydrogen (secondary N) is 1. The second-order valence-electron chi connectivity index (χ2n) is 3.85. The first-order valence-corrected chi connectivity index (χ1v) is 5.37. The molecule has 0 saturated heterocycles. The van der Waals surface area contributed by atoms with Gasteiger partial charge in [-0.15, -0.1) is 0 Å². The molecule has 0 unspecified atom stereocenters. The summed E-state index contributed by atoms with van der Waals surface area (Å²) in [5.74, 6) is -0.600. The Bertz CT molecular complexity index is 464. The number of carbonyl (C=O) groups is 1. The van der Waals surface area contributed by atoms with E-state index in [9.17, 15) is 9.90 Å². The molecule has 0 aromatic heterocycles. The van der Waals surface area contributed by atoms with Crippen molar-refractivity contribution in [2.45, 2.75) is 19.4 Å². The third kappa shape index (κ3) is 2.97. The van der Waals surface area contributed by atoms with Crippen molar-refractivity contribution in [1.82, 2.24) is 5.32 Å². The minimum Gasteiger partial charge on any atom is -0.507 e. The lowest BCUT2D eigenvalue weighted by Crippen LogP contribution is -2.42. The van der Waals surface area contributed by atoms with Crippen LogP contribution in [0.25, 0.3) is 0 Å². The Kier molecular flexibility index (Phi) is 3.55. The van der Waals surface area contributed by atoms with Crippen LogP contribution in [0, 0.1) is 11.3 Å². The van der Waals surface area contributed by atoms with Crippen molar-refractivity contribution in [3.8, 4) is 11.8 Å². The zero-order valence-corrected chi connectivity index (χ0v) is 10.5. The quantitative estimate of drug-likeness (QED) is 0.873. The summed E-state index contributed by atoms with van der Waals surface area (Å²) in [4.78, 5) is 11.7. The van der Waals surface area contributed by atoms with Crippen molar-refractivity contribution in [2.75, 3.05) is 0 Å². The summed E-state index contributed by atoms with van der Waals surface area (Å²) < 4.78 is 0.682. The van der Waals surface area contributed by atoms with E-state index in [0.29, 0.717) is 4.47 Å². The number of aromatic hydroxyl groups is 1. The van der Waals surface area contributed by atoms with Crippen LogP contribution in [-0.2, 0) is 0 Å². The zero-order valence-electron chi connectivity index (χ0n) is 8.91. The Balaban J connectivity index is 2.95. The maximum atomic E-state index is 11.7. The molecule has 0 aliphatic heterocycles. The van der Waals surface area contributed by atoms with Gasteiger partial charge in [-0.2, -0.15) is 5.26 Å². The van der Waals surface area contributed by atoms with Crippen molar-refractivity contribution >= 4 is 21.8 Å². The van der Waals surface area contributed by atoms with Gasteiger partial charge in [0.05, 0.1) is 11.6 Å². The smallest absolute Gasteiger partial charge is 0.256 e. The third-order valence-corrected chi connectivity index (χ3v) is 2.40. The summed E-state index contributed by atoms with van der Waals surface area (Å²) in [6.07, 6.45) is 0. The highest BCUT2D eigenvalue weighted by molar-refractivity contribution is 9.10. The molecule has 0 bridgehead atoms. The molecule has 0 spiro atoms. The average Bonchev–Trinajstić information content (AvgIpc) is 2.16. The number of phenols is 1. The Morgan fingerprint density at radius 1 is 1.56 bits per heavy atom. The predicted octanol–water partition coefficient (Wildman–Crippen LogP) is 2.19. The maximum absolute atomic E-state index is 11.7. The minimum absolute atomic E-state index is 0.124. The van der Waals surface area contributed by atoms with Gasteiger partial charge in [0.1, 0.15) is 11.3 Å². The number of halogens is 1. The Hall–Kier alpha value is -1.54. The van der Waals surface area contributed by atoms with E-state index in [2.05, 4.69) is 21.2 Å². The lowest BCUT2D eigenvalue weighted by atomic mass is 10.1. The van der Waals surface area contributed by atoms with Crippen LogP contribution in [0.15, 0.2) is 22.7 Å². The van der Waals surface area contributed by atoms with Crippen molar-refractivity contribution in [3.05, 3.63) is 28.2 Å². The number of benzene rings is 1. The van der Waals surface area contributed by atoms with Crippen LogP contribution in [0.5, 0.6) is 5.75 Å². The second kappa shape index (κ2) is 4.54. The van der Waals surface area contributed by atoms with Crippen LogP contribution >= 0.6 is 15.9 Å². The first-order valence-electron chi connectivity index (χ1n) is 4.58. The van der Waals surface area contributed by atoms with Gasteiger partial charge in [0, 0.05) is 4.47 Å². The number of nitriles is 1. The van der Waals surface area contributed by atoms with E-state index in [1.54, 1.807) is 19.9 Å². The largest absolute Gasteiger partial charge is 0.507 e. The average molecular weight is 283 g/mol. The van der Waals surface area contributed by atoms with Crippen LogP contribution in [0.4, 0.5) is 0 Å². The molecular weight excluding hydrogens is 272 g/mol. The van der Waals surface area contributed by atoms with Gasteiger partial charge in [-0.3, -0.25) is 4.79 Å². The van der Waals surface area contributed by atoms with Gasteiger partial charge in [0.25, 0.3) is 5.91 Å². The minimum atomic E-state index is -0.962. The molecule has 0 fully saturated rings. The molecular formula is C11H11BrN2O2. The summed E-state index contributed by atoms with van der Waals surface area (Å²) in [5, 5.41) is 20.8. The molecule has 0 aliphatic rings. The van der Waals surface area contributed by atoms with Gasteiger partial charge in [-0.05, 0) is 32.0 Å². The molecule has 4 nitrogen and oxygen atoms in total. The number of nitrogens with zero attached hydrogens (tertiary/aromatic N) is 1. The topological polar surface area (TPSA) is 73.1 Å². The summed E-state index contributed by atoms with van der Waals surface area (Å²) in [5.41, 5.74) is -0.817. The highest BCUT2D eigenvalue weighted by atomic mass is 79.9. The van der Waals surface area contributed by atoms with Gasteiger partial charge in [0.2, 0.25) is 0 Å². The Labute approximate surface area is 102 Å². The maximum Gasteiger partial charge on any atom is 0.256 e. The molecule has 0 aliphatic carbocycles. The van der Waals surface area contributed by atoms with Crippen LogP contribution < -0.4 is 5.32 Å². The van der Waals surface area contributed by atoms with E-state index in [1.807, 2.05) is 6.07 Å². The molecule has 84 valence electrons. The van der Waals surface area contributed by atoms with Crippen LogP contribution in [0.2, 0.25) is 0 Å². The van der Waals surface area contributed by atoms with Crippen LogP contribution in [0.3, 0.4) is 0 Å². The molecule has 1 rings (SSSR count). The number of hydrogen-bond acceptors (Lipinski definition) is 3. The van der Waals surface area contributed by atoms with Crippen molar-refractivity contribution in [3.63, 3.8) is 0 Å². The van der Waals surface area contributed by atoms with Crippen LogP contribution in [0.1, 0.15) is 24.2 Å². The molecule has 0 heterocycles. The lowest BCUT2D eigenvalue weighted by molar-refractivity contribution is 0.0926. The summed E-state index contributed by atoms with van der Waals surface area (Å²) in [6.45, 7) is 3.17. The van der Waals surface area contributed by atoms with Gasteiger partial charge >= 0.3 is 0 Å². The molecule has 5 heteroatoms. The molecule has 1 amide bonds. The molecule has 0 atom stereocenters. The normalized spacial score (nSPS) is 10.6. The van der Waals surface area contributed by atoms with E-state index in [-0.39, 0.29) is 11.3 Å². The van der Waals surface area contributed by atoms with Crippen molar-refractivity contribution in [1.29, 1.82) is 5.26 Å². The van der Waals surface area contributed by atoms with E-state index < -0.39 is 11.4 Å². The Morgan fingerprint density at radius 3 is 2.69 bits per heavy atom. The second-order valence-corrected chi connectivity index (χ2v) is 4.77. The summed E-state index contributed by atoms with van der Waals surface area (Å²) in [6, 6.07) is 6.51. The lowest BCUT2D eigenvalue weighted by Gasteiger charge is -2.17. The van der Waals surface area contributed by atoms with Gasteiger partial charge in [-0.25, -0.2) is 0 Å². The molecule has 1 aromatic rings. The molecule has 0 saturated carbocycles. The fraction of sp³-hybridized carbons (Fsp3) is 0.273. The van der Waals surface area contributed by atoms with E-state index in [0.717, 1.165) is 0 Å². The number of phenolic OH excluding ortho intramolecular Hbond substituents is 1. The van der Waals surface area contributed by atoms with E-state index in [1.165, 1.54) is 12.1 Å². The van der Waals surface area contributed by atoms with Crippen molar-refractivity contribution in [2.24, 2.45) is 0 Å². The predicted molar refractivity (Wildman–Crippen MR) is 63.0 cm³/mol. The number of amides is 1. The number of rotatable bonds is 2. The summed E-state index contributed by atoms with van der Waals surface area (Å²) in [7, 11) is 0. The van der Waals surface area contributed by atoms with Crippen molar-refractivity contribution < 1.29 is 9.90 Å². The number of carbonyl (C=O) groups excluding carboxylic acids is 1. The van der Waals surface area contributed by atoms with Gasteiger partial charge < -0.3 is 10.4 Å². The zero-order chi connectivity index (χ0) is 12.3. The first-order chi connectivity index (χ1) is 7.35. The standard InChI is InChI=1S/C11H11BrN2O2/c1-11(2,6-13)14-10(16)8-4-3-7(12)5-9(8)15/h3-5,15H,1-2H3,(H,14,16). The summed E-state index contributed by atoms with van der Waals surface area (Å²) >= 11 is 3.18. The molecule has 2 N–H and O–H groups in total. The Morgan fingerprint density at radius 2 is 2.19 bits per heavy atom. The first kappa shape index (κ1) is 12.5. The molecule has 0 radical (unpaired) electrons.